The van der Waals surface area contributed by atoms with Crippen molar-refractivity contribution in [2.45, 2.75) is 30.9 Å². The van der Waals surface area contributed by atoms with E-state index in [1.807, 2.05) is 45.0 Å². The number of hydrogen-bond donors (Lipinski definition) is 0. The average molecular weight is 224 g/mol. The Bertz CT molecular complexity index is 319. The first-order chi connectivity index (χ1) is 7.13. The zero-order valence-electron chi connectivity index (χ0n) is 9.32. The van der Waals surface area contributed by atoms with Gasteiger partial charge in [-0.1, -0.05) is 17.7 Å². The normalized spacial score (nSPS) is 12.2. The van der Waals surface area contributed by atoms with Crippen LogP contribution >= 0.6 is 11.8 Å². The molecule has 0 aliphatic rings. The van der Waals surface area contributed by atoms with Crippen LogP contribution in [0.25, 0.3) is 0 Å². The lowest BCUT2D eigenvalue weighted by atomic mass is 10.2. The maximum Gasteiger partial charge on any atom is 0.319 e. The van der Waals surface area contributed by atoms with E-state index in [1.165, 1.54) is 17.3 Å². The Morgan fingerprint density at radius 1 is 1.40 bits per heavy atom. The van der Waals surface area contributed by atoms with Crippen molar-refractivity contribution in [1.29, 1.82) is 0 Å². The first-order valence-electron chi connectivity index (χ1n) is 5.03. The number of thioether (sulfide) groups is 1. The minimum absolute atomic E-state index is 0.146. The highest BCUT2D eigenvalue weighted by atomic mass is 32.2. The fourth-order valence-corrected chi connectivity index (χ4v) is 1.99. The van der Waals surface area contributed by atoms with Gasteiger partial charge in [-0.3, -0.25) is 4.79 Å². The molecule has 82 valence electrons. The fourth-order valence-electron chi connectivity index (χ4n) is 1.13. The molecule has 2 nitrogen and oxygen atoms in total. The molecule has 0 N–H and O–H groups in total. The van der Waals surface area contributed by atoms with E-state index in [9.17, 15) is 4.79 Å². The molecule has 0 aliphatic heterocycles. The molecule has 0 aromatic heterocycles. The Hall–Kier alpha value is -0.960. The Morgan fingerprint density at radius 3 is 2.53 bits per heavy atom. The molecule has 0 saturated heterocycles. The second-order valence-electron chi connectivity index (χ2n) is 3.33. The lowest BCUT2D eigenvalue weighted by Gasteiger charge is -2.09. The molecule has 1 unspecified atom stereocenters. The number of carbonyl (C=O) groups is 1. The van der Waals surface area contributed by atoms with E-state index in [2.05, 4.69) is 0 Å². The zero-order valence-corrected chi connectivity index (χ0v) is 10.1. The van der Waals surface area contributed by atoms with Gasteiger partial charge in [0.15, 0.2) is 0 Å². The fraction of sp³-hybridized carbons (Fsp3) is 0.417. The van der Waals surface area contributed by atoms with Crippen LogP contribution in [0.4, 0.5) is 0 Å². The van der Waals surface area contributed by atoms with Crippen molar-refractivity contribution in [3.8, 4) is 0 Å². The third-order valence-corrected chi connectivity index (χ3v) is 3.04. The molecule has 3 heteroatoms. The Kier molecular flexibility index (Phi) is 4.69. The lowest BCUT2D eigenvalue weighted by molar-refractivity contribution is -0.142. The van der Waals surface area contributed by atoms with Crippen LogP contribution in [-0.4, -0.2) is 17.8 Å². The third kappa shape index (κ3) is 3.96. The largest absolute Gasteiger partial charge is 0.465 e. The molecule has 1 atom stereocenters. The SMILES string of the molecule is CCOC(=O)C(C)Sc1ccc(C)cc1. The summed E-state index contributed by atoms with van der Waals surface area (Å²) in [6, 6.07) is 8.13. The van der Waals surface area contributed by atoms with Crippen molar-refractivity contribution < 1.29 is 9.53 Å². The second kappa shape index (κ2) is 5.81. The molecule has 0 bridgehead atoms. The average Bonchev–Trinajstić information content (AvgIpc) is 2.22. The number of hydrogen-bond acceptors (Lipinski definition) is 3. The summed E-state index contributed by atoms with van der Waals surface area (Å²) in [6.45, 7) is 6.17. The van der Waals surface area contributed by atoms with Gasteiger partial charge in [-0.05, 0) is 32.9 Å². The van der Waals surface area contributed by atoms with Gasteiger partial charge in [0, 0.05) is 4.90 Å². The predicted molar refractivity (Wildman–Crippen MR) is 63.1 cm³/mol. The molecule has 0 amide bonds. The van der Waals surface area contributed by atoms with Gasteiger partial charge in [0.25, 0.3) is 0 Å². The highest BCUT2D eigenvalue weighted by Gasteiger charge is 2.14. The van der Waals surface area contributed by atoms with Crippen LogP contribution in [0, 0.1) is 6.92 Å². The number of benzene rings is 1. The van der Waals surface area contributed by atoms with E-state index >= 15 is 0 Å². The van der Waals surface area contributed by atoms with Crippen molar-refractivity contribution in [2.24, 2.45) is 0 Å². The molecule has 0 spiro atoms. The van der Waals surface area contributed by atoms with Gasteiger partial charge < -0.3 is 4.74 Å². The molecule has 0 heterocycles. The summed E-state index contributed by atoms with van der Waals surface area (Å²) >= 11 is 1.53. The minimum Gasteiger partial charge on any atom is -0.465 e. The molecular weight excluding hydrogens is 208 g/mol. The minimum atomic E-state index is -0.150. The first kappa shape index (κ1) is 12.1. The van der Waals surface area contributed by atoms with Gasteiger partial charge in [-0.25, -0.2) is 0 Å². The van der Waals surface area contributed by atoms with E-state index in [1.54, 1.807) is 0 Å². The van der Waals surface area contributed by atoms with Gasteiger partial charge in [-0.2, -0.15) is 0 Å². The molecule has 15 heavy (non-hydrogen) atoms. The smallest absolute Gasteiger partial charge is 0.319 e. The van der Waals surface area contributed by atoms with Crippen LogP contribution in [-0.2, 0) is 9.53 Å². The molecule has 1 aromatic rings. The molecule has 0 aliphatic carbocycles. The van der Waals surface area contributed by atoms with Crippen molar-refractivity contribution in [2.75, 3.05) is 6.61 Å². The summed E-state index contributed by atoms with van der Waals surface area (Å²) in [7, 11) is 0. The molecule has 1 rings (SSSR count). The first-order valence-corrected chi connectivity index (χ1v) is 5.91. The van der Waals surface area contributed by atoms with Gasteiger partial charge >= 0.3 is 5.97 Å². The highest BCUT2D eigenvalue weighted by molar-refractivity contribution is 8.00. The molecular formula is C12H16O2S. The summed E-state index contributed by atoms with van der Waals surface area (Å²) in [5, 5.41) is -0.146. The number of aryl methyl sites for hydroxylation is 1. The van der Waals surface area contributed by atoms with Crippen LogP contribution < -0.4 is 0 Å². The van der Waals surface area contributed by atoms with Crippen LogP contribution in [0.3, 0.4) is 0 Å². The lowest BCUT2D eigenvalue weighted by Crippen LogP contribution is -2.16. The predicted octanol–water partition coefficient (Wildman–Crippen LogP) is 3.04. The van der Waals surface area contributed by atoms with Crippen molar-refractivity contribution in [3.63, 3.8) is 0 Å². The summed E-state index contributed by atoms with van der Waals surface area (Å²) in [4.78, 5) is 12.5. The van der Waals surface area contributed by atoms with Crippen LogP contribution in [0.15, 0.2) is 29.2 Å². The molecule has 1 aromatic carbocycles. The van der Waals surface area contributed by atoms with E-state index in [0.717, 1.165) is 4.90 Å². The topological polar surface area (TPSA) is 26.3 Å². The Labute approximate surface area is 95.0 Å². The summed E-state index contributed by atoms with van der Waals surface area (Å²) < 4.78 is 4.94. The standard InChI is InChI=1S/C12H16O2S/c1-4-14-12(13)10(3)15-11-7-5-9(2)6-8-11/h5-8,10H,4H2,1-3H3. The van der Waals surface area contributed by atoms with Crippen LogP contribution in [0.5, 0.6) is 0 Å². The van der Waals surface area contributed by atoms with Gasteiger partial charge in [0.2, 0.25) is 0 Å². The van der Waals surface area contributed by atoms with E-state index in [4.69, 9.17) is 4.74 Å². The van der Waals surface area contributed by atoms with E-state index in [-0.39, 0.29) is 11.2 Å². The Balaban J connectivity index is 2.54. The van der Waals surface area contributed by atoms with Gasteiger partial charge in [-0.15, -0.1) is 11.8 Å². The van der Waals surface area contributed by atoms with E-state index < -0.39 is 0 Å². The van der Waals surface area contributed by atoms with Crippen LogP contribution in [0.2, 0.25) is 0 Å². The van der Waals surface area contributed by atoms with Crippen LogP contribution in [0.1, 0.15) is 19.4 Å². The summed E-state index contributed by atoms with van der Waals surface area (Å²) in [6.07, 6.45) is 0. The molecule has 0 saturated carbocycles. The van der Waals surface area contributed by atoms with E-state index in [0.29, 0.717) is 6.61 Å². The monoisotopic (exact) mass is 224 g/mol. The van der Waals surface area contributed by atoms with Crippen molar-refractivity contribution in [1.82, 2.24) is 0 Å². The number of esters is 1. The number of rotatable bonds is 4. The van der Waals surface area contributed by atoms with Gasteiger partial charge in [0.05, 0.1) is 6.61 Å². The maximum atomic E-state index is 11.4. The molecule has 0 fully saturated rings. The quantitative estimate of drug-likeness (QED) is 0.581. The summed E-state index contributed by atoms with van der Waals surface area (Å²) in [5.74, 6) is -0.150. The number of carbonyl (C=O) groups excluding carboxylic acids is 1. The van der Waals surface area contributed by atoms with Crippen molar-refractivity contribution in [3.05, 3.63) is 29.8 Å². The maximum absolute atomic E-state index is 11.4. The van der Waals surface area contributed by atoms with Gasteiger partial charge in [0.1, 0.15) is 5.25 Å². The van der Waals surface area contributed by atoms with Crippen molar-refractivity contribution >= 4 is 17.7 Å². The Morgan fingerprint density at radius 2 is 2.00 bits per heavy atom. The third-order valence-electron chi connectivity index (χ3n) is 1.95. The number of ether oxygens (including phenoxy) is 1. The molecule has 0 radical (unpaired) electrons. The highest BCUT2D eigenvalue weighted by Crippen LogP contribution is 2.24. The zero-order chi connectivity index (χ0) is 11.3. The second-order valence-corrected chi connectivity index (χ2v) is 4.74. The summed E-state index contributed by atoms with van der Waals surface area (Å²) in [5.41, 5.74) is 1.23.